The third-order valence-electron chi connectivity index (χ3n) is 2.93. The van der Waals surface area contributed by atoms with Gasteiger partial charge < -0.3 is 15.8 Å². The van der Waals surface area contributed by atoms with E-state index in [0.717, 1.165) is 0 Å². The average Bonchev–Trinajstić information content (AvgIpc) is 2.74. The standard InChI is InChI=1S/C17H20N4O3/c1-17(2,3)24-15(22)12-8-6-7-11(14(12)20-16(18)23)13-9-4-5-10-19-21-13/h4-10,19H,1-3H3,(H3,18,20,23). The molecule has 2 amide bonds. The van der Waals surface area contributed by atoms with E-state index in [1.165, 1.54) is 0 Å². The normalized spacial score (nSPS) is 13.5. The van der Waals surface area contributed by atoms with Crippen LogP contribution in [-0.4, -0.2) is 23.3 Å². The summed E-state index contributed by atoms with van der Waals surface area (Å²) in [4.78, 5) is 23.9. The van der Waals surface area contributed by atoms with Gasteiger partial charge in [0.15, 0.2) is 0 Å². The van der Waals surface area contributed by atoms with Crippen LogP contribution in [0.1, 0.15) is 36.7 Å². The summed E-state index contributed by atoms with van der Waals surface area (Å²) < 4.78 is 5.40. The Morgan fingerprint density at radius 1 is 1.25 bits per heavy atom. The molecule has 24 heavy (non-hydrogen) atoms. The third-order valence-corrected chi connectivity index (χ3v) is 2.93. The van der Waals surface area contributed by atoms with Gasteiger partial charge in [-0.25, -0.2) is 9.59 Å². The van der Waals surface area contributed by atoms with Crippen molar-refractivity contribution in [3.63, 3.8) is 0 Å². The molecule has 0 radical (unpaired) electrons. The van der Waals surface area contributed by atoms with Gasteiger partial charge in [0, 0.05) is 11.8 Å². The van der Waals surface area contributed by atoms with E-state index in [1.807, 2.05) is 0 Å². The summed E-state index contributed by atoms with van der Waals surface area (Å²) in [5.74, 6) is -0.558. The second kappa shape index (κ2) is 6.99. The van der Waals surface area contributed by atoms with Crippen LogP contribution in [0.3, 0.4) is 0 Å². The highest BCUT2D eigenvalue weighted by Gasteiger charge is 2.23. The van der Waals surface area contributed by atoms with Crippen molar-refractivity contribution < 1.29 is 14.3 Å². The zero-order valence-corrected chi connectivity index (χ0v) is 13.8. The zero-order chi connectivity index (χ0) is 17.7. The van der Waals surface area contributed by atoms with Gasteiger partial charge in [0.1, 0.15) is 5.60 Å². The number of esters is 1. The maximum Gasteiger partial charge on any atom is 0.340 e. The number of anilines is 1. The van der Waals surface area contributed by atoms with Crippen molar-refractivity contribution in [1.29, 1.82) is 0 Å². The summed E-state index contributed by atoms with van der Waals surface area (Å²) in [7, 11) is 0. The molecule has 1 aliphatic rings. The van der Waals surface area contributed by atoms with Gasteiger partial charge in [0.2, 0.25) is 0 Å². The Labute approximate surface area is 140 Å². The van der Waals surface area contributed by atoms with Crippen molar-refractivity contribution in [2.24, 2.45) is 10.8 Å². The molecule has 7 nitrogen and oxygen atoms in total. The molecule has 0 spiro atoms. The number of nitrogens with zero attached hydrogens (tertiary/aromatic N) is 1. The van der Waals surface area contributed by atoms with Crippen LogP contribution < -0.4 is 16.5 Å². The maximum atomic E-state index is 12.5. The molecular weight excluding hydrogens is 308 g/mol. The smallest absolute Gasteiger partial charge is 0.340 e. The molecule has 0 aliphatic carbocycles. The molecule has 4 N–H and O–H groups in total. The SMILES string of the molecule is CC(C)(C)OC(=O)c1cccc(C2=NNC=CC=C2)c1NC(N)=O. The lowest BCUT2D eigenvalue weighted by molar-refractivity contribution is 0.00707. The predicted molar refractivity (Wildman–Crippen MR) is 92.8 cm³/mol. The molecular formula is C17H20N4O3. The number of carbonyl (C=O) groups excluding carboxylic acids is 2. The van der Waals surface area contributed by atoms with Crippen molar-refractivity contribution in [2.75, 3.05) is 5.32 Å². The average molecular weight is 328 g/mol. The van der Waals surface area contributed by atoms with E-state index in [-0.39, 0.29) is 11.3 Å². The minimum absolute atomic E-state index is 0.203. The van der Waals surface area contributed by atoms with Crippen molar-refractivity contribution in [2.45, 2.75) is 26.4 Å². The lowest BCUT2D eigenvalue weighted by Crippen LogP contribution is -2.27. The van der Waals surface area contributed by atoms with Gasteiger partial charge in [-0.1, -0.05) is 18.2 Å². The maximum absolute atomic E-state index is 12.5. The molecule has 1 aliphatic heterocycles. The van der Waals surface area contributed by atoms with Crippen LogP contribution >= 0.6 is 0 Å². The highest BCUT2D eigenvalue weighted by atomic mass is 16.6. The summed E-state index contributed by atoms with van der Waals surface area (Å²) in [6.45, 7) is 5.30. The van der Waals surface area contributed by atoms with E-state index >= 15 is 0 Å². The first kappa shape index (κ1) is 17.3. The van der Waals surface area contributed by atoms with Gasteiger partial charge in [-0.05, 0) is 39.0 Å². The molecule has 126 valence electrons. The van der Waals surface area contributed by atoms with Crippen molar-refractivity contribution in [3.8, 4) is 0 Å². The topological polar surface area (TPSA) is 106 Å². The minimum Gasteiger partial charge on any atom is -0.456 e. The first-order chi connectivity index (χ1) is 11.3. The number of carbonyl (C=O) groups is 2. The summed E-state index contributed by atoms with van der Waals surface area (Å²) in [6.07, 6.45) is 6.96. The van der Waals surface area contributed by atoms with E-state index in [4.69, 9.17) is 10.5 Å². The number of hydrogen-bond acceptors (Lipinski definition) is 5. The number of amides is 2. The molecule has 0 fully saturated rings. The van der Waals surface area contributed by atoms with E-state index in [2.05, 4.69) is 15.8 Å². The molecule has 1 aromatic rings. The number of hydrazone groups is 1. The van der Waals surface area contributed by atoms with Crippen LogP contribution in [0.15, 0.2) is 47.7 Å². The van der Waals surface area contributed by atoms with Crippen molar-refractivity contribution in [3.05, 3.63) is 53.8 Å². The van der Waals surface area contributed by atoms with Gasteiger partial charge in [-0.3, -0.25) is 5.43 Å². The second-order valence-corrected chi connectivity index (χ2v) is 6.06. The highest BCUT2D eigenvalue weighted by Crippen LogP contribution is 2.25. The number of ether oxygens (including phenoxy) is 1. The number of hydrogen-bond donors (Lipinski definition) is 3. The molecule has 0 aromatic heterocycles. The number of para-hydroxylation sites is 1. The molecule has 0 saturated heterocycles. The molecule has 0 atom stereocenters. The van der Waals surface area contributed by atoms with Gasteiger partial charge >= 0.3 is 12.0 Å². The monoisotopic (exact) mass is 328 g/mol. The molecule has 1 heterocycles. The molecule has 0 bridgehead atoms. The summed E-state index contributed by atoms with van der Waals surface area (Å²) in [5.41, 5.74) is 8.89. The Balaban J connectivity index is 2.52. The minimum atomic E-state index is -0.781. The summed E-state index contributed by atoms with van der Waals surface area (Å²) >= 11 is 0. The first-order valence-corrected chi connectivity index (χ1v) is 7.37. The van der Waals surface area contributed by atoms with Crippen LogP contribution in [0.4, 0.5) is 10.5 Å². The fraction of sp³-hybridized carbons (Fsp3) is 0.235. The number of rotatable bonds is 3. The second-order valence-electron chi connectivity index (χ2n) is 6.06. The van der Waals surface area contributed by atoms with Crippen LogP contribution in [-0.2, 0) is 4.74 Å². The van der Waals surface area contributed by atoms with Crippen molar-refractivity contribution in [1.82, 2.24) is 5.43 Å². The molecule has 2 rings (SSSR count). The molecule has 7 heteroatoms. The van der Waals surface area contributed by atoms with Crippen LogP contribution in [0.25, 0.3) is 0 Å². The van der Waals surface area contributed by atoms with Crippen molar-refractivity contribution >= 4 is 23.4 Å². The Bertz CT molecular complexity index is 743. The van der Waals surface area contributed by atoms with Gasteiger partial charge in [0.25, 0.3) is 0 Å². The third kappa shape index (κ3) is 4.45. The van der Waals surface area contributed by atoms with E-state index < -0.39 is 17.6 Å². The number of nitrogens with one attached hydrogen (secondary N) is 2. The first-order valence-electron chi connectivity index (χ1n) is 7.37. The number of nitrogens with two attached hydrogens (primary N) is 1. The van der Waals surface area contributed by atoms with Crippen LogP contribution in [0.5, 0.6) is 0 Å². The number of benzene rings is 1. The zero-order valence-electron chi connectivity index (χ0n) is 13.8. The van der Waals surface area contributed by atoms with Crippen LogP contribution in [0.2, 0.25) is 0 Å². The summed E-state index contributed by atoms with van der Waals surface area (Å²) in [5, 5.41) is 6.69. The summed E-state index contributed by atoms with van der Waals surface area (Å²) in [6, 6.07) is 4.21. The lowest BCUT2D eigenvalue weighted by Gasteiger charge is -2.21. The molecule has 0 unspecified atom stereocenters. The largest absolute Gasteiger partial charge is 0.456 e. The van der Waals surface area contributed by atoms with E-state index in [1.54, 1.807) is 63.4 Å². The highest BCUT2D eigenvalue weighted by molar-refractivity contribution is 6.16. The number of urea groups is 1. The Hall–Kier alpha value is -3.09. The van der Waals surface area contributed by atoms with Crippen LogP contribution in [0, 0.1) is 0 Å². The quantitative estimate of drug-likeness (QED) is 0.741. The van der Waals surface area contributed by atoms with E-state index in [0.29, 0.717) is 11.3 Å². The van der Waals surface area contributed by atoms with E-state index in [9.17, 15) is 9.59 Å². The Morgan fingerprint density at radius 3 is 2.67 bits per heavy atom. The Morgan fingerprint density at radius 2 is 2.00 bits per heavy atom. The number of primary amides is 1. The van der Waals surface area contributed by atoms with Gasteiger partial charge in [-0.2, -0.15) is 5.10 Å². The molecule has 1 aromatic carbocycles. The fourth-order valence-electron chi connectivity index (χ4n) is 2.07. The van der Waals surface area contributed by atoms with Gasteiger partial charge in [0.05, 0.1) is 17.0 Å². The predicted octanol–water partition coefficient (Wildman–Crippen LogP) is 2.51. The van der Waals surface area contributed by atoms with Gasteiger partial charge in [-0.15, -0.1) is 0 Å². The Kier molecular flexibility index (Phi) is 5.03. The number of allylic oxidation sites excluding steroid dienone is 3. The molecule has 0 saturated carbocycles. The lowest BCUT2D eigenvalue weighted by atomic mass is 10.0. The fourth-order valence-corrected chi connectivity index (χ4v) is 2.07.